The van der Waals surface area contributed by atoms with Crippen LogP contribution in [0.5, 0.6) is 0 Å². The molecule has 0 saturated heterocycles. The van der Waals surface area contributed by atoms with Crippen LogP contribution in [0.2, 0.25) is 0 Å². The molecule has 1 aliphatic rings. The van der Waals surface area contributed by atoms with E-state index in [2.05, 4.69) is 24.3 Å². The van der Waals surface area contributed by atoms with Gasteiger partial charge in [-0.3, -0.25) is 4.79 Å². The molecule has 0 radical (unpaired) electrons. The van der Waals surface area contributed by atoms with Crippen LogP contribution in [-0.4, -0.2) is 17.7 Å². The van der Waals surface area contributed by atoms with Gasteiger partial charge >= 0.3 is 0 Å². The third-order valence-corrected chi connectivity index (χ3v) is 3.61. The minimum absolute atomic E-state index is 0.0625. The van der Waals surface area contributed by atoms with Gasteiger partial charge in [-0.25, -0.2) is 0 Å². The highest BCUT2D eigenvalue weighted by Gasteiger charge is 2.26. The van der Waals surface area contributed by atoms with Crippen molar-refractivity contribution in [3.63, 3.8) is 0 Å². The minimum Gasteiger partial charge on any atom is -0.392 e. The molecule has 1 N–H and O–H groups in total. The lowest BCUT2D eigenvalue weighted by Gasteiger charge is -2.09. The van der Waals surface area contributed by atoms with Crippen molar-refractivity contribution in [1.82, 2.24) is 5.32 Å². The summed E-state index contributed by atoms with van der Waals surface area (Å²) in [4.78, 5) is 18.3. The predicted octanol–water partition coefficient (Wildman–Crippen LogP) is 2.56. The Balaban J connectivity index is 1.77. The molecule has 1 aromatic heterocycles. The van der Waals surface area contributed by atoms with Crippen molar-refractivity contribution in [2.75, 3.05) is 0 Å². The largest absolute Gasteiger partial charge is 0.392 e. The SMILES string of the molecule is CC(C)CC1CC(C(=O)NCc2cccs2)=NO1. The predicted molar refractivity (Wildman–Crippen MR) is 72.5 cm³/mol. The lowest BCUT2D eigenvalue weighted by atomic mass is 10.0. The van der Waals surface area contributed by atoms with Crippen LogP contribution in [0, 0.1) is 5.92 Å². The number of oxime groups is 1. The Labute approximate surface area is 111 Å². The van der Waals surface area contributed by atoms with E-state index in [9.17, 15) is 4.79 Å². The van der Waals surface area contributed by atoms with E-state index in [1.54, 1.807) is 11.3 Å². The molecule has 1 aliphatic heterocycles. The van der Waals surface area contributed by atoms with Crippen molar-refractivity contribution in [2.24, 2.45) is 11.1 Å². The Morgan fingerprint density at radius 1 is 1.67 bits per heavy atom. The molecule has 1 unspecified atom stereocenters. The van der Waals surface area contributed by atoms with Gasteiger partial charge in [-0.15, -0.1) is 11.3 Å². The van der Waals surface area contributed by atoms with Gasteiger partial charge in [0.1, 0.15) is 11.8 Å². The van der Waals surface area contributed by atoms with Crippen molar-refractivity contribution >= 4 is 23.0 Å². The molecule has 0 saturated carbocycles. The fraction of sp³-hybridized carbons (Fsp3) is 0.538. The highest BCUT2D eigenvalue weighted by atomic mass is 32.1. The molecule has 2 heterocycles. The van der Waals surface area contributed by atoms with Gasteiger partial charge in [0, 0.05) is 11.3 Å². The molecule has 4 nitrogen and oxygen atoms in total. The first-order valence-electron chi connectivity index (χ1n) is 6.18. The summed E-state index contributed by atoms with van der Waals surface area (Å²) in [7, 11) is 0. The monoisotopic (exact) mass is 266 g/mol. The zero-order chi connectivity index (χ0) is 13.0. The fourth-order valence-corrected chi connectivity index (χ4v) is 2.54. The molecule has 18 heavy (non-hydrogen) atoms. The maximum absolute atomic E-state index is 11.9. The van der Waals surface area contributed by atoms with Crippen molar-refractivity contribution in [3.8, 4) is 0 Å². The van der Waals surface area contributed by atoms with Gasteiger partial charge in [-0.2, -0.15) is 0 Å². The number of carbonyl (C=O) groups excluding carboxylic acids is 1. The van der Waals surface area contributed by atoms with E-state index in [1.165, 1.54) is 0 Å². The molecule has 1 aromatic rings. The van der Waals surface area contributed by atoms with E-state index in [4.69, 9.17) is 4.84 Å². The molecule has 5 heteroatoms. The van der Waals surface area contributed by atoms with Gasteiger partial charge in [0.05, 0.1) is 6.54 Å². The van der Waals surface area contributed by atoms with Crippen molar-refractivity contribution < 1.29 is 9.63 Å². The molecule has 0 spiro atoms. The van der Waals surface area contributed by atoms with Crippen molar-refractivity contribution in [3.05, 3.63) is 22.4 Å². The van der Waals surface area contributed by atoms with Gasteiger partial charge in [0.15, 0.2) is 0 Å². The number of amides is 1. The Bertz CT molecular complexity index is 426. The molecular weight excluding hydrogens is 248 g/mol. The first-order valence-corrected chi connectivity index (χ1v) is 7.06. The van der Waals surface area contributed by atoms with Crippen LogP contribution >= 0.6 is 11.3 Å². The Morgan fingerprint density at radius 2 is 2.50 bits per heavy atom. The van der Waals surface area contributed by atoms with E-state index in [0.29, 0.717) is 24.6 Å². The lowest BCUT2D eigenvalue weighted by molar-refractivity contribution is -0.115. The zero-order valence-corrected chi connectivity index (χ0v) is 11.5. The third-order valence-electron chi connectivity index (χ3n) is 2.73. The van der Waals surface area contributed by atoms with Gasteiger partial charge in [0.25, 0.3) is 5.91 Å². The standard InChI is InChI=1S/C13H18N2O2S/c1-9(2)6-10-7-12(15-17-10)13(16)14-8-11-4-3-5-18-11/h3-5,9-10H,6-8H2,1-2H3,(H,14,16). The van der Waals surface area contributed by atoms with E-state index < -0.39 is 0 Å². The summed E-state index contributed by atoms with van der Waals surface area (Å²) >= 11 is 1.63. The first-order chi connectivity index (χ1) is 8.65. The summed E-state index contributed by atoms with van der Waals surface area (Å²) in [5.41, 5.74) is 0.511. The average molecular weight is 266 g/mol. The summed E-state index contributed by atoms with van der Waals surface area (Å²) in [6, 6.07) is 3.97. The van der Waals surface area contributed by atoms with E-state index in [1.807, 2.05) is 17.5 Å². The molecule has 2 rings (SSSR count). The van der Waals surface area contributed by atoms with Gasteiger partial charge in [-0.05, 0) is 23.8 Å². The Kier molecular flexibility index (Phi) is 4.36. The van der Waals surface area contributed by atoms with E-state index >= 15 is 0 Å². The second kappa shape index (κ2) is 6.00. The van der Waals surface area contributed by atoms with Crippen molar-refractivity contribution in [2.45, 2.75) is 39.3 Å². The smallest absolute Gasteiger partial charge is 0.269 e. The molecule has 0 fully saturated rings. The van der Waals surface area contributed by atoms with Crippen LogP contribution in [0.1, 0.15) is 31.6 Å². The second-order valence-corrected chi connectivity index (χ2v) is 5.89. The van der Waals surface area contributed by atoms with Crippen LogP contribution in [-0.2, 0) is 16.2 Å². The van der Waals surface area contributed by atoms with Crippen LogP contribution in [0.25, 0.3) is 0 Å². The summed E-state index contributed by atoms with van der Waals surface area (Å²) in [5.74, 6) is 0.438. The number of hydrogen-bond donors (Lipinski definition) is 1. The molecule has 0 aromatic carbocycles. The maximum Gasteiger partial charge on any atom is 0.269 e. The molecule has 0 bridgehead atoms. The third kappa shape index (κ3) is 3.57. The topological polar surface area (TPSA) is 50.7 Å². The average Bonchev–Trinajstić information content (AvgIpc) is 2.95. The number of nitrogens with zero attached hydrogens (tertiary/aromatic N) is 1. The summed E-state index contributed by atoms with van der Waals surface area (Å²) in [6.45, 7) is 4.83. The fourth-order valence-electron chi connectivity index (χ4n) is 1.90. The summed E-state index contributed by atoms with van der Waals surface area (Å²) < 4.78 is 0. The number of hydrogen-bond acceptors (Lipinski definition) is 4. The molecule has 0 aliphatic carbocycles. The molecule has 98 valence electrons. The molecule has 1 amide bonds. The van der Waals surface area contributed by atoms with Crippen LogP contribution in [0.3, 0.4) is 0 Å². The quantitative estimate of drug-likeness (QED) is 0.890. The van der Waals surface area contributed by atoms with Gasteiger partial charge in [0.2, 0.25) is 0 Å². The number of nitrogens with one attached hydrogen (secondary N) is 1. The highest BCUT2D eigenvalue weighted by molar-refractivity contribution is 7.09. The summed E-state index contributed by atoms with van der Waals surface area (Å²) in [5, 5.41) is 8.74. The molecule has 1 atom stereocenters. The first kappa shape index (κ1) is 13.1. The minimum atomic E-state index is -0.116. The number of thiophene rings is 1. The van der Waals surface area contributed by atoms with E-state index in [-0.39, 0.29) is 12.0 Å². The highest BCUT2D eigenvalue weighted by Crippen LogP contribution is 2.18. The Morgan fingerprint density at radius 3 is 3.17 bits per heavy atom. The van der Waals surface area contributed by atoms with Crippen LogP contribution in [0.4, 0.5) is 0 Å². The second-order valence-electron chi connectivity index (χ2n) is 4.86. The molecular formula is C13H18N2O2S. The maximum atomic E-state index is 11.9. The lowest BCUT2D eigenvalue weighted by Crippen LogP contribution is -2.30. The summed E-state index contributed by atoms with van der Waals surface area (Å²) in [6.07, 6.45) is 1.62. The normalized spacial score (nSPS) is 18.6. The zero-order valence-electron chi connectivity index (χ0n) is 10.7. The van der Waals surface area contributed by atoms with Gasteiger partial charge < -0.3 is 10.2 Å². The van der Waals surface area contributed by atoms with E-state index in [0.717, 1.165) is 11.3 Å². The van der Waals surface area contributed by atoms with Crippen LogP contribution in [0.15, 0.2) is 22.7 Å². The van der Waals surface area contributed by atoms with Crippen molar-refractivity contribution in [1.29, 1.82) is 0 Å². The van der Waals surface area contributed by atoms with Gasteiger partial charge in [-0.1, -0.05) is 25.1 Å². The number of carbonyl (C=O) groups is 1. The van der Waals surface area contributed by atoms with Crippen LogP contribution < -0.4 is 5.32 Å². The Hall–Kier alpha value is -1.36. The number of rotatable bonds is 5.